The van der Waals surface area contributed by atoms with Crippen molar-refractivity contribution in [1.29, 1.82) is 0 Å². The van der Waals surface area contributed by atoms with E-state index in [-0.39, 0.29) is 12.4 Å². The third-order valence-electron chi connectivity index (χ3n) is 3.12. The molecule has 100 valence electrons. The normalized spacial score (nSPS) is 10.9. The lowest BCUT2D eigenvalue weighted by atomic mass is 10.2. The highest BCUT2D eigenvalue weighted by atomic mass is 35.5. The van der Waals surface area contributed by atoms with Gasteiger partial charge in [0.25, 0.3) is 0 Å². The Morgan fingerprint density at radius 3 is 2.61 bits per heavy atom. The standard InChI is InChI=1S/C15H22N2.ClH/c1-4-9-16-10-13-11-17(12(2)3)15-8-6-5-7-14(13)15;/h5-8,11-12,16H,4,9-10H2,1-3H3;1H. The largest absolute Gasteiger partial charge is 0.345 e. The summed E-state index contributed by atoms with van der Waals surface area (Å²) in [5, 5.41) is 4.86. The average Bonchev–Trinajstić information content (AvgIpc) is 2.69. The molecular weight excluding hydrogens is 244 g/mol. The van der Waals surface area contributed by atoms with E-state index in [2.05, 4.69) is 61.1 Å². The minimum atomic E-state index is 0. The second-order valence-corrected chi connectivity index (χ2v) is 4.85. The summed E-state index contributed by atoms with van der Waals surface area (Å²) in [5.74, 6) is 0. The van der Waals surface area contributed by atoms with E-state index >= 15 is 0 Å². The number of hydrogen-bond donors (Lipinski definition) is 1. The second kappa shape index (κ2) is 6.81. The van der Waals surface area contributed by atoms with Gasteiger partial charge in [-0.05, 0) is 38.4 Å². The van der Waals surface area contributed by atoms with Crippen LogP contribution in [0.25, 0.3) is 10.9 Å². The van der Waals surface area contributed by atoms with Crippen molar-refractivity contribution in [3.05, 3.63) is 36.0 Å². The van der Waals surface area contributed by atoms with Crippen LogP contribution >= 0.6 is 12.4 Å². The van der Waals surface area contributed by atoms with Crippen LogP contribution in [0, 0.1) is 0 Å². The smallest absolute Gasteiger partial charge is 0.0486 e. The Morgan fingerprint density at radius 1 is 1.22 bits per heavy atom. The summed E-state index contributed by atoms with van der Waals surface area (Å²) < 4.78 is 2.36. The third kappa shape index (κ3) is 3.06. The number of para-hydroxylation sites is 1. The average molecular weight is 267 g/mol. The van der Waals surface area contributed by atoms with Gasteiger partial charge in [0, 0.05) is 29.7 Å². The first kappa shape index (κ1) is 15.1. The molecule has 1 aromatic carbocycles. The molecule has 0 spiro atoms. The van der Waals surface area contributed by atoms with Crippen LogP contribution in [0.2, 0.25) is 0 Å². The number of benzene rings is 1. The molecule has 2 rings (SSSR count). The summed E-state index contributed by atoms with van der Waals surface area (Å²) in [6, 6.07) is 9.18. The zero-order valence-electron chi connectivity index (χ0n) is 11.4. The van der Waals surface area contributed by atoms with Gasteiger partial charge < -0.3 is 9.88 Å². The summed E-state index contributed by atoms with van der Waals surface area (Å²) in [5.41, 5.74) is 2.75. The molecule has 0 bridgehead atoms. The van der Waals surface area contributed by atoms with Crippen LogP contribution in [0.15, 0.2) is 30.5 Å². The highest BCUT2D eigenvalue weighted by molar-refractivity contribution is 5.85. The van der Waals surface area contributed by atoms with Crippen LogP contribution in [-0.4, -0.2) is 11.1 Å². The number of hydrogen-bond acceptors (Lipinski definition) is 1. The lowest BCUT2D eigenvalue weighted by Crippen LogP contribution is -2.13. The van der Waals surface area contributed by atoms with Gasteiger partial charge in [0.05, 0.1) is 0 Å². The van der Waals surface area contributed by atoms with E-state index in [0.29, 0.717) is 6.04 Å². The van der Waals surface area contributed by atoms with Crippen molar-refractivity contribution in [1.82, 2.24) is 9.88 Å². The predicted molar refractivity (Wildman–Crippen MR) is 81.6 cm³/mol. The van der Waals surface area contributed by atoms with Gasteiger partial charge in [0.2, 0.25) is 0 Å². The number of nitrogens with one attached hydrogen (secondary N) is 1. The number of halogens is 1. The number of rotatable bonds is 5. The van der Waals surface area contributed by atoms with Crippen molar-refractivity contribution < 1.29 is 0 Å². The molecule has 0 radical (unpaired) electrons. The molecule has 0 unspecified atom stereocenters. The van der Waals surface area contributed by atoms with Crippen molar-refractivity contribution in [2.75, 3.05) is 6.54 Å². The molecule has 0 amide bonds. The first-order valence-corrected chi connectivity index (χ1v) is 6.53. The van der Waals surface area contributed by atoms with Gasteiger partial charge in [-0.3, -0.25) is 0 Å². The first-order chi connectivity index (χ1) is 8.24. The van der Waals surface area contributed by atoms with Crippen LogP contribution in [0.5, 0.6) is 0 Å². The van der Waals surface area contributed by atoms with Crippen LogP contribution in [0.1, 0.15) is 38.8 Å². The number of aromatic nitrogens is 1. The molecule has 3 heteroatoms. The zero-order chi connectivity index (χ0) is 12.3. The van der Waals surface area contributed by atoms with E-state index < -0.39 is 0 Å². The number of fused-ring (bicyclic) bond motifs is 1. The highest BCUT2D eigenvalue weighted by Gasteiger charge is 2.09. The van der Waals surface area contributed by atoms with Crippen molar-refractivity contribution in [2.45, 2.75) is 39.8 Å². The molecule has 0 saturated carbocycles. The molecule has 1 N–H and O–H groups in total. The fourth-order valence-electron chi connectivity index (χ4n) is 2.25. The van der Waals surface area contributed by atoms with E-state index in [9.17, 15) is 0 Å². The Hall–Kier alpha value is -0.990. The van der Waals surface area contributed by atoms with E-state index in [4.69, 9.17) is 0 Å². The fourth-order valence-corrected chi connectivity index (χ4v) is 2.25. The monoisotopic (exact) mass is 266 g/mol. The number of nitrogens with zero attached hydrogens (tertiary/aromatic N) is 1. The molecule has 0 aliphatic rings. The Kier molecular flexibility index (Phi) is 5.70. The van der Waals surface area contributed by atoms with Crippen molar-refractivity contribution in [3.63, 3.8) is 0 Å². The Morgan fingerprint density at radius 2 is 1.94 bits per heavy atom. The van der Waals surface area contributed by atoms with Crippen LogP contribution in [0.4, 0.5) is 0 Å². The maximum absolute atomic E-state index is 3.48. The van der Waals surface area contributed by atoms with Gasteiger partial charge in [-0.15, -0.1) is 12.4 Å². The minimum absolute atomic E-state index is 0. The van der Waals surface area contributed by atoms with Crippen LogP contribution in [0.3, 0.4) is 0 Å². The van der Waals surface area contributed by atoms with Crippen LogP contribution < -0.4 is 5.32 Å². The zero-order valence-corrected chi connectivity index (χ0v) is 12.3. The Bertz CT molecular complexity index is 488. The van der Waals surface area contributed by atoms with Gasteiger partial charge in [0.1, 0.15) is 0 Å². The molecule has 2 aromatic rings. The third-order valence-corrected chi connectivity index (χ3v) is 3.12. The van der Waals surface area contributed by atoms with Gasteiger partial charge in [0.15, 0.2) is 0 Å². The van der Waals surface area contributed by atoms with Gasteiger partial charge in [-0.1, -0.05) is 25.1 Å². The second-order valence-electron chi connectivity index (χ2n) is 4.85. The Balaban J connectivity index is 0.00000162. The molecule has 0 fully saturated rings. The molecule has 0 atom stereocenters. The molecule has 0 aliphatic heterocycles. The topological polar surface area (TPSA) is 17.0 Å². The van der Waals surface area contributed by atoms with Gasteiger partial charge in [-0.2, -0.15) is 0 Å². The van der Waals surface area contributed by atoms with Crippen molar-refractivity contribution >= 4 is 23.3 Å². The van der Waals surface area contributed by atoms with E-state index in [1.807, 2.05) is 0 Å². The summed E-state index contributed by atoms with van der Waals surface area (Å²) in [4.78, 5) is 0. The maximum Gasteiger partial charge on any atom is 0.0486 e. The molecule has 2 nitrogen and oxygen atoms in total. The molecule has 0 saturated heterocycles. The molecular formula is C15H23ClN2. The predicted octanol–water partition coefficient (Wildman–Crippen LogP) is 4.14. The fraction of sp³-hybridized carbons (Fsp3) is 0.467. The molecule has 0 aliphatic carbocycles. The quantitative estimate of drug-likeness (QED) is 0.805. The van der Waals surface area contributed by atoms with E-state index in [1.165, 1.54) is 22.9 Å². The SMILES string of the molecule is CCCNCc1cn(C(C)C)c2ccccc12.Cl. The molecule has 1 heterocycles. The van der Waals surface area contributed by atoms with Gasteiger partial charge in [-0.25, -0.2) is 0 Å². The minimum Gasteiger partial charge on any atom is -0.345 e. The lowest BCUT2D eigenvalue weighted by molar-refractivity contribution is 0.616. The van der Waals surface area contributed by atoms with Crippen LogP contribution in [-0.2, 0) is 6.54 Å². The summed E-state index contributed by atoms with van der Waals surface area (Å²) >= 11 is 0. The summed E-state index contributed by atoms with van der Waals surface area (Å²) in [7, 11) is 0. The van der Waals surface area contributed by atoms with Crippen molar-refractivity contribution in [2.24, 2.45) is 0 Å². The van der Waals surface area contributed by atoms with E-state index in [1.54, 1.807) is 0 Å². The van der Waals surface area contributed by atoms with E-state index in [0.717, 1.165) is 13.1 Å². The summed E-state index contributed by atoms with van der Waals surface area (Å²) in [6.45, 7) is 8.71. The van der Waals surface area contributed by atoms with Gasteiger partial charge >= 0.3 is 0 Å². The summed E-state index contributed by atoms with van der Waals surface area (Å²) in [6.07, 6.45) is 3.47. The lowest BCUT2D eigenvalue weighted by Gasteiger charge is -2.08. The maximum atomic E-state index is 3.48. The van der Waals surface area contributed by atoms with Crippen molar-refractivity contribution in [3.8, 4) is 0 Å². The molecule has 18 heavy (non-hydrogen) atoms. The first-order valence-electron chi connectivity index (χ1n) is 6.53. The molecule has 1 aromatic heterocycles. The Labute approximate surface area is 116 Å². The highest BCUT2D eigenvalue weighted by Crippen LogP contribution is 2.24.